The first-order valence-corrected chi connectivity index (χ1v) is 9.50. The van der Waals surface area contributed by atoms with Crippen molar-refractivity contribution in [3.8, 4) is 0 Å². The van der Waals surface area contributed by atoms with Crippen molar-refractivity contribution in [2.75, 3.05) is 42.9 Å². The standard InChI is InChI=1S/C18H29N5O/c24-15-4-1-11-22(14-15)16-5-9-19-17(21-16)20-10-8-18-6-2-12-23(18)13-3-7-18/h5,9,15,24H,1-4,6-8,10-14H2,(H,19,20,21)/t15-/m1/s1. The molecule has 132 valence electrons. The van der Waals surface area contributed by atoms with Crippen LogP contribution in [0.2, 0.25) is 0 Å². The molecule has 3 fully saturated rings. The van der Waals surface area contributed by atoms with Crippen LogP contribution in [0.25, 0.3) is 0 Å². The number of hydrogen-bond donors (Lipinski definition) is 2. The minimum atomic E-state index is -0.236. The van der Waals surface area contributed by atoms with Crippen molar-refractivity contribution in [1.29, 1.82) is 0 Å². The number of piperidine rings is 1. The minimum Gasteiger partial charge on any atom is -0.391 e. The number of aromatic nitrogens is 2. The lowest BCUT2D eigenvalue weighted by Crippen LogP contribution is -2.40. The zero-order valence-corrected chi connectivity index (χ0v) is 14.5. The molecule has 3 aliphatic rings. The van der Waals surface area contributed by atoms with Crippen LogP contribution in [-0.4, -0.2) is 64.3 Å². The van der Waals surface area contributed by atoms with E-state index in [1.54, 1.807) is 0 Å². The number of rotatable bonds is 5. The fraction of sp³-hybridized carbons (Fsp3) is 0.778. The molecule has 0 unspecified atom stereocenters. The van der Waals surface area contributed by atoms with E-state index in [-0.39, 0.29) is 6.10 Å². The van der Waals surface area contributed by atoms with E-state index in [1.165, 1.54) is 45.2 Å². The Kier molecular flexibility index (Phi) is 4.59. The molecule has 3 aliphatic heterocycles. The van der Waals surface area contributed by atoms with Gasteiger partial charge in [0.1, 0.15) is 5.82 Å². The number of aliphatic hydroxyl groups is 1. The smallest absolute Gasteiger partial charge is 0.224 e. The first-order valence-electron chi connectivity index (χ1n) is 9.50. The van der Waals surface area contributed by atoms with E-state index in [0.717, 1.165) is 31.7 Å². The predicted molar refractivity (Wildman–Crippen MR) is 95.4 cm³/mol. The van der Waals surface area contributed by atoms with Gasteiger partial charge in [-0.3, -0.25) is 4.90 Å². The summed E-state index contributed by atoms with van der Waals surface area (Å²) in [5.41, 5.74) is 0.446. The van der Waals surface area contributed by atoms with Gasteiger partial charge in [0.25, 0.3) is 0 Å². The van der Waals surface area contributed by atoms with E-state index in [0.29, 0.717) is 18.0 Å². The molecular formula is C18H29N5O. The molecule has 6 nitrogen and oxygen atoms in total. The van der Waals surface area contributed by atoms with Crippen molar-refractivity contribution in [3.63, 3.8) is 0 Å². The fourth-order valence-electron chi connectivity index (χ4n) is 4.81. The number of fused-ring (bicyclic) bond motifs is 1. The van der Waals surface area contributed by atoms with Crippen LogP contribution in [0.5, 0.6) is 0 Å². The minimum absolute atomic E-state index is 0.236. The Bertz CT molecular complexity index is 556. The molecule has 4 rings (SSSR count). The molecule has 4 heterocycles. The van der Waals surface area contributed by atoms with E-state index in [9.17, 15) is 5.11 Å². The first-order chi connectivity index (χ1) is 11.8. The maximum Gasteiger partial charge on any atom is 0.224 e. The van der Waals surface area contributed by atoms with Crippen LogP contribution in [0.1, 0.15) is 44.9 Å². The Hall–Kier alpha value is -1.40. The summed E-state index contributed by atoms with van der Waals surface area (Å²) in [5.74, 6) is 1.64. The van der Waals surface area contributed by atoms with Gasteiger partial charge in [-0.2, -0.15) is 4.98 Å². The molecule has 0 aromatic carbocycles. The third-order valence-corrected chi connectivity index (χ3v) is 6.05. The van der Waals surface area contributed by atoms with Crippen LogP contribution < -0.4 is 10.2 Å². The Morgan fingerprint density at radius 3 is 2.83 bits per heavy atom. The largest absolute Gasteiger partial charge is 0.391 e. The van der Waals surface area contributed by atoms with Gasteiger partial charge in [-0.1, -0.05) is 0 Å². The summed E-state index contributed by atoms with van der Waals surface area (Å²) in [7, 11) is 0. The molecule has 1 aromatic heterocycles. The zero-order valence-electron chi connectivity index (χ0n) is 14.5. The second-order valence-corrected chi connectivity index (χ2v) is 7.58. The molecule has 2 N–H and O–H groups in total. The number of nitrogens with zero attached hydrogens (tertiary/aromatic N) is 4. The summed E-state index contributed by atoms with van der Waals surface area (Å²) in [5, 5.41) is 13.3. The summed E-state index contributed by atoms with van der Waals surface area (Å²) in [6.45, 7) is 5.13. The molecule has 24 heavy (non-hydrogen) atoms. The van der Waals surface area contributed by atoms with Gasteiger partial charge in [0.05, 0.1) is 6.10 Å². The van der Waals surface area contributed by atoms with Gasteiger partial charge in [0.2, 0.25) is 5.95 Å². The average molecular weight is 331 g/mol. The van der Waals surface area contributed by atoms with E-state index in [4.69, 9.17) is 0 Å². The highest BCUT2D eigenvalue weighted by molar-refractivity contribution is 5.43. The molecule has 0 radical (unpaired) electrons. The van der Waals surface area contributed by atoms with Crippen LogP contribution in [0, 0.1) is 0 Å². The van der Waals surface area contributed by atoms with Gasteiger partial charge in [-0.05, 0) is 64.1 Å². The highest BCUT2D eigenvalue weighted by atomic mass is 16.3. The maximum atomic E-state index is 9.85. The van der Waals surface area contributed by atoms with Crippen molar-refractivity contribution < 1.29 is 5.11 Å². The van der Waals surface area contributed by atoms with Crippen molar-refractivity contribution in [3.05, 3.63) is 12.3 Å². The highest BCUT2D eigenvalue weighted by Crippen LogP contribution is 2.41. The Morgan fingerprint density at radius 1 is 1.21 bits per heavy atom. The van der Waals surface area contributed by atoms with Crippen LogP contribution in [0.4, 0.5) is 11.8 Å². The molecule has 0 amide bonds. The number of nitrogens with one attached hydrogen (secondary N) is 1. The quantitative estimate of drug-likeness (QED) is 0.859. The molecule has 0 aliphatic carbocycles. The number of aliphatic hydroxyl groups excluding tert-OH is 1. The topological polar surface area (TPSA) is 64.5 Å². The maximum absolute atomic E-state index is 9.85. The molecule has 6 heteroatoms. The summed E-state index contributed by atoms with van der Waals surface area (Å²) in [6, 6.07) is 1.94. The molecule has 0 bridgehead atoms. The third-order valence-electron chi connectivity index (χ3n) is 6.05. The zero-order chi connectivity index (χ0) is 16.4. The lowest BCUT2D eigenvalue weighted by Gasteiger charge is -2.32. The van der Waals surface area contributed by atoms with Gasteiger partial charge in [0, 0.05) is 31.4 Å². The number of β-amino-alcohol motifs (C(OH)–C–C–N with tert-alkyl or cyclic N) is 1. The second-order valence-electron chi connectivity index (χ2n) is 7.58. The molecule has 3 saturated heterocycles. The Labute approximate surface area is 144 Å². The van der Waals surface area contributed by atoms with Gasteiger partial charge in [-0.15, -0.1) is 0 Å². The van der Waals surface area contributed by atoms with Gasteiger partial charge in [-0.25, -0.2) is 4.98 Å². The SMILES string of the molecule is O[C@@H]1CCCN(c2ccnc(NCCC34CCCN3CCC4)n2)C1. The molecular weight excluding hydrogens is 302 g/mol. The van der Waals surface area contributed by atoms with Crippen LogP contribution in [0.15, 0.2) is 12.3 Å². The second kappa shape index (κ2) is 6.84. The monoisotopic (exact) mass is 331 g/mol. The third kappa shape index (κ3) is 3.22. The van der Waals surface area contributed by atoms with Gasteiger partial charge < -0.3 is 15.3 Å². The van der Waals surface area contributed by atoms with E-state index >= 15 is 0 Å². The highest BCUT2D eigenvalue weighted by Gasteiger charge is 2.43. The van der Waals surface area contributed by atoms with Crippen LogP contribution >= 0.6 is 0 Å². The van der Waals surface area contributed by atoms with Crippen molar-refractivity contribution >= 4 is 11.8 Å². The molecule has 0 saturated carbocycles. The van der Waals surface area contributed by atoms with E-state index in [1.807, 2.05) is 12.3 Å². The fourth-order valence-corrected chi connectivity index (χ4v) is 4.81. The van der Waals surface area contributed by atoms with Crippen molar-refractivity contribution in [2.45, 2.75) is 56.6 Å². The molecule has 1 atom stereocenters. The predicted octanol–water partition coefficient (Wildman–Crippen LogP) is 1.87. The van der Waals surface area contributed by atoms with Crippen molar-refractivity contribution in [1.82, 2.24) is 14.9 Å². The average Bonchev–Trinajstić information content (AvgIpc) is 3.15. The first kappa shape index (κ1) is 16.1. The van der Waals surface area contributed by atoms with E-state index < -0.39 is 0 Å². The van der Waals surface area contributed by atoms with Crippen LogP contribution in [-0.2, 0) is 0 Å². The lowest BCUT2D eigenvalue weighted by atomic mass is 9.90. The van der Waals surface area contributed by atoms with Gasteiger partial charge >= 0.3 is 0 Å². The van der Waals surface area contributed by atoms with Crippen molar-refractivity contribution in [2.24, 2.45) is 0 Å². The summed E-state index contributed by atoms with van der Waals surface area (Å²) in [4.78, 5) is 13.9. The summed E-state index contributed by atoms with van der Waals surface area (Å²) in [6.07, 6.45) is 10.1. The number of anilines is 2. The van der Waals surface area contributed by atoms with Crippen LogP contribution in [0.3, 0.4) is 0 Å². The molecule has 1 aromatic rings. The number of hydrogen-bond acceptors (Lipinski definition) is 6. The Morgan fingerprint density at radius 2 is 2.04 bits per heavy atom. The summed E-state index contributed by atoms with van der Waals surface area (Å²) < 4.78 is 0. The van der Waals surface area contributed by atoms with E-state index in [2.05, 4.69) is 25.1 Å². The normalized spacial score (nSPS) is 26.5. The van der Waals surface area contributed by atoms with Gasteiger partial charge in [0.15, 0.2) is 0 Å². The lowest BCUT2D eigenvalue weighted by molar-refractivity contribution is 0.154. The Balaban J connectivity index is 1.34. The molecule has 0 spiro atoms. The summed E-state index contributed by atoms with van der Waals surface area (Å²) >= 11 is 0.